The van der Waals surface area contributed by atoms with E-state index in [-0.39, 0.29) is 11.8 Å². The van der Waals surface area contributed by atoms with Crippen molar-refractivity contribution in [3.8, 4) is 0 Å². The summed E-state index contributed by atoms with van der Waals surface area (Å²) >= 11 is 0. The zero-order valence-electron chi connectivity index (χ0n) is 8.35. The van der Waals surface area contributed by atoms with E-state index in [1.807, 2.05) is 6.92 Å². The van der Waals surface area contributed by atoms with Crippen LogP contribution < -0.4 is 5.32 Å². The van der Waals surface area contributed by atoms with E-state index in [2.05, 4.69) is 12.2 Å². The van der Waals surface area contributed by atoms with Crippen LogP contribution in [0, 0.1) is 5.41 Å². The normalized spacial score (nSPS) is 27.8. The number of carbonyl (C=O) groups excluding carboxylic acids is 2. The molecule has 1 aliphatic heterocycles. The second-order valence-electron chi connectivity index (χ2n) is 4.07. The fourth-order valence-corrected chi connectivity index (χ4v) is 1.72. The molecule has 0 bridgehead atoms. The Balaban J connectivity index is 2.46. The Kier molecular flexibility index (Phi) is 3.07. The van der Waals surface area contributed by atoms with Gasteiger partial charge in [-0.05, 0) is 6.42 Å². The van der Waals surface area contributed by atoms with E-state index in [1.54, 1.807) is 0 Å². The topological polar surface area (TPSA) is 46.2 Å². The summed E-state index contributed by atoms with van der Waals surface area (Å²) in [7, 11) is 0. The van der Waals surface area contributed by atoms with Crippen LogP contribution >= 0.6 is 0 Å². The van der Waals surface area contributed by atoms with Crippen molar-refractivity contribution in [2.45, 2.75) is 46.0 Å². The van der Waals surface area contributed by atoms with E-state index in [9.17, 15) is 9.59 Å². The Morgan fingerprint density at radius 1 is 1.38 bits per heavy atom. The lowest BCUT2D eigenvalue weighted by Gasteiger charge is -2.18. The number of hydrogen-bond donors (Lipinski definition) is 1. The molecule has 0 spiro atoms. The van der Waals surface area contributed by atoms with Gasteiger partial charge in [-0.3, -0.25) is 14.9 Å². The first-order chi connectivity index (χ1) is 6.08. The minimum atomic E-state index is -0.424. The van der Waals surface area contributed by atoms with Crippen LogP contribution in [0.1, 0.15) is 46.0 Å². The van der Waals surface area contributed by atoms with Gasteiger partial charge in [-0.2, -0.15) is 0 Å². The van der Waals surface area contributed by atoms with E-state index in [4.69, 9.17) is 0 Å². The van der Waals surface area contributed by atoms with Gasteiger partial charge in [-0.15, -0.1) is 0 Å². The molecule has 1 unspecified atom stereocenters. The Morgan fingerprint density at radius 3 is 2.54 bits per heavy atom. The number of carbonyl (C=O) groups is 2. The predicted molar refractivity (Wildman–Crippen MR) is 50.0 cm³/mol. The zero-order chi connectivity index (χ0) is 9.90. The largest absolute Gasteiger partial charge is 0.296 e. The molecule has 1 saturated heterocycles. The SMILES string of the molecule is CCCCCC1(C)CC(=O)NC1=O. The second kappa shape index (κ2) is 3.90. The molecule has 13 heavy (non-hydrogen) atoms. The smallest absolute Gasteiger partial charge is 0.233 e. The first kappa shape index (κ1) is 10.2. The van der Waals surface area contributed by atoms with Crippen LogP contribution in [0.4, 0.5) is 0 Å². The first-order valence-corrected chi connectivity index (χ1v) is 4.93. The molecule has 74 valence electrons. The molecule has 0 aromatic carbocycles. The third-order valence-corrected chi connectivity index (χ3v) is 2.68. The lowest BCUT2D eigenvalue weighted by atomic mass is 9.83. The summed E-state index contributed by atoms with van der Waals surface area (Å²) < 4.78 is 0. The third kappa shape index (κ3) is 2.29. The molecule has 3 heteroatoms. The first-order valence-electron chi connectivity index (χ1n) is 4.93. The lowest BCUT2D eigenvalue weighted by molar-refractivity contribution is -0.128. The van der Waals surface area contributed by atoms with Gasteiger partial charge in [0.15, 0.2) is 0 Å². The van der Waals surface area contributed by atoms with Crippen LogP contribution in [-0.2, 0) is 9.59 Å². The third-order valence-electron chi connectivity index (χ3n) is 2.68. The Hall–Kier alpha value is -0.860. The number of nitrogens with one attached hydrogen (secondary N) is 1. The van der Waals surface area contributed by atoms with Crippen LogP contribution in [0.5, 0.6) is 0 Å². The number of rotatable bonds is 4. The van der Waals surface area contributed by atoms with Gasteiger partial charge in [0.05, 0.1) is 5.41 Å². The highest BCUT2D eigenvalue weighted by Crippen LogP contribution is 2.32. The summed E-state index contributed by atoms with van der Waals surface area (Å²) in [5.74, 6) is -0.211. The number of imide groups is 1. The molecule has 1 heterocycles. The van der Waals surface area contributed by atoms with E-state index >= 15 is 0 Å². The van der Waals surface area contributed by atoms with Gasteiger partial charge in [0, 0.05) is 6.42 Å². The van der Waals surface area contributed by atoms with Crippen molar-refractivity contribution in [2.24, 2.45) is 5.41 Å². The van der Waals surface area contributed by atoms with Crippen molar-refractivity contribution in [1.29, 1.82) is 0 Å². The van der Waals surface area contributed by atoms with Crippen LogP contribution in [0.2, 0.25) is 0 Å². The summed E-state index contributed by atoms with van der Waals surface area (Å²) in [5.41, 5.74) is -0.424. The van der Waals surface area contributed by atoms with Crippen LogP contribution in [0.25, 0.3) is 0 Å². The average molecular weight is 183 g/mol. The van der Waals surface area contributed by atoms with Gasteiger partial charge in [0.2, 0.25) is 11.8 Å². The van der Waals surface area contributed by atoms with Crippen molar-refractivity contribution >= 4 is 11.8 Å². The Bertz CT molecular complexity index is 225. The molecule has 0 radical (unpaired) electrons. The van der Waals surface area contributed by atoms with Crippen molar-refractivity contribution in [3.05, 3.63) is 0 Å². The minimum Gasteiger partial charge on any atom is -0.296 e. The molecule has 1 N–H and O–H groups in total. The second-order valence-corrected chi connectivity index (χ2v) is 4.07. The number of amides is 2. The highest BCUT2D eigenvalue weighted by atomic mass is 16.2. The van der Waals surface area contributed by atoms with Crippen molar-refractivity contribution in [2.75, 3.05) is 0 Å². The molecule has 0 saturated carbocycles. The molecule has 3 nitrogen and oxygen atoms in total. The van der Waals surface area contributed by atoms with Gasteiger partial charge in [-0.25, -0.2) is 0 Å². The quantitative estimate of drug-likeness (QED) is 0.531. The molecule has 1 atom stereocenters. The molecular formula is C10H17NO2. The maximum absolute atomic E-state index is 11.4. The fraction of sp³-hybridized carbons (Fsp3) is 0.800. The highest BCUT2D eigenvalue weighted by Gasteiger charge is 2.41. The Morgan fingerprint density at radius 2 is 2.08 bits per heavy atom. The molecule has 1 fully saturated rings. The summed E-state index contributed by atoms with van der Waals surface area (Å²) in [6, 6.07) is 0. The van der Waals surface area contributed by atoms with Gasteiger partial charge >= 0.3 is 0 Å². The molecule has 0 aliphatic carbocycles. The van der Waals surface area contributed by atoms with E-state index in [0.717, 1.165) is 25.7 Å². The van der Waals surface area contributed by atoms with Crippen molar-refractivity contribution in [3.63, 3.8) is 0 Å². The number of hydrogen-bond acceptors (Lipinski definition) is 2. The van der Waals surface area contributed by atoms with Crippen LogP contribution in [0.3, 0.4) is 0 Å². The summed E-state index contributed by atoms with van der Waals surface area (Å²) in [6.07, 6.45) is 4.52. The molecule has 0 aromatic rings. The Labute approximate surface area is 78.9 Å². The zero-order valence-corrected chi connectivity index (χ0v) is 8.35. The fourth-order valence-electron chi connectivity index (χ4n) is 1.72. The highest BCUT2D eigenvalue weighted by molar-refractivity contribution is 6.05. The molecule has 1 rings (SSSR count). The number of unbranched alkanes of at least 4 members (excludes halogenated alkanes) is 2. The molecule has 0 aromatic heterocycles. The average Bonchev–Trinajstić information content (AvgIpc) is 2.27. The van der Waals surface area contributed by atoms with Crippen molar-refractivity contribution < 1.29 is 9.59 Å². The maximum Gasteiger partial charge on any atom is 0.233 e. The van der Waals surface area contributed by atoms with Gasteiger partial charge in [-0.1, -0.05) is 33.1 Å². The summed E-state index contributed by atoms with van der Waals surface area (Å²) in [6.45, 7) is 4.01. The lowest BCUT2D eigenvalue weighted by Crippen LogP contribution is -2.28. The van der Waals surface area contributed by atoms with Crippen LogP contribution in [-0.4, -0.2) is 11.8 Å². The summed E-state index contributed by atoms with van der Waals surface area (Å²) in [5, 5.41) is 2.36. The van der Waals surface area contributed by atoms with E-state index < -0.39 is 5.41 Å². The molecule has 2 amide bonds. The van der Waals surface area contributed by atoms with E-state index in [0.29, 0.717) is 6.42 Å². The standard InChI is InChI=1S/C10H17NO2/c1-3-4-5-6-10(2)7-8(12)11-9(10)13/h3-7H2,1-2H3,(H,11,12,13). The van der Waals surface area contributed by atoms with E-state index in [1.165, 1.54) is 0 Å². The minimum absolute atomic E-state index is 0.0893. The molecular weight excluding hydrogens is 166 g/mol. The van der Waals surface area contributed by atoms with Gasteiger partial charge < -0.3 is 0 Å². The monoisotopic (exact) mass is 183 g/mol. The maximum atomic E-state index is 11.4. The predicted octanol–water partition coefficient (Wildman–Crippen LogP) is 1.62. The van der Waals surface area contributed by atoms with Crippen LogP contribution in [0.15, 0.2) is 0 Å². The van der Waals surface area contributed by atoms with Crippen molar-refractivity contribution in [1.82, 2.24) is 5.32 Å². The van der Waals surface area contributed by atoms with Gasteiger partial charge in [0.25, 0.3) is 0 Å². The summed E-state index contributed by atoms with van der Waals surface area (Å²) in [4.78, 5) is 22.3. The van der Waals surface area contributed by atoms with Gasteiger partial charge in [0.1, 0.15) is 0 Å². The molecule has 1 aliphatic rings.